The van der Waals surface area contributed by atoms with Crippen LogP contribution >= 0.6 is 0 Å². The smallest absolute Gasteiger partial charge is 0.222 e. The van der Waals surface area contributed by atoms with Gasteiger partial charge in [0.2, 0.25) is 11.9 Å². The molecule has 1 saturated carbocycles. The lowest BCUT2D eigenvalue weighted by Crippen LogP contribution is -2.49. The number of nitrogens with zero attached hydrogens (tertiary/aromatic N) is 4. The van der Waals surface area contributed by atoms with E-state index in [-0.39, 0.29) is 0 Å². The minimum absolute atomic E-state index is 0.361. The molecular formula is C16H26N4O. The van der Waals surface area contributed by atoms with Crippen LogP contribution in [-0.4, -0.2) is 46.5 Å². The van der Waals surface area contributed by atoms with Gasteiger partial charge in [-0.05, 0) is 25.7 Å². The number of amides is 1. The third-order valence-electron chi connectivity index (χ3n) is 4.89. The average Bonchev–Trinajstić information content (AvgIpc) is 3.18. The summed E-state index contributed by atoms with van der Waals surface area (Å²) < 4.78 is 2.16. The molecule has 116 valence electrons. The Morgan fingerprint density at radius 1 is 1.24 bits per heavy atom. The normalized spacial score (nSPS) is 20.2. The second-order valence-electron chi connectivity index (χ2n) is 6.24. The molecule has 0 bridgehead atoms. The first kappa shape index (κ1) is 14.4. The minimum atomic E-state index is 0.361. The van der Waals surface area contributed by atoms with Crippen molar-refractivity contribution >= 4 is 11.9 Å². The largest absolute Gasteiger partial charge is 0.339 e. The van der Waals surface area contributed by atoms with E-state index in [1.165, 1.54) is 25.7 Å². The highest BCUT2D eigenvalue weighted by atomic mass is 16.2. The zero-order valence-corrected chi connectivity index (χ0v) is 13.0. The van der Waals surface area contributed by atoms with Gasteiger partial charge in [-0.3, -0.25) is 4.79 Å². The van der Waals surface area contributed by atoms with Crippen molar-refractivity contribution in [3.8, 4) is 0 Å². The van der Waals surface area contributed by atoms with Gasteiger partial charge in [-0.1, -0.05) is 12.8 Å². The van der Waals surface area contributed by atoms with E-state index >= 15 is 0 Å². The number of hydrogen-bond donors (Lipinski definition) is 0. The lowest BCUT2D eigenvalue weighted by molar-refractivity contribution is -0.132. The van der Waals surface area contributed by atoms with E-state index in [2.05, 4.69) is 21.4 Å². The second-order valence-corrected chi connectivity index (χ2v) is 6.24. The molecule has 1 aliphatic heterocycles. The first-order chi connectivity index (χ1) is 10.3. The van der Waals surface area contributed by atoms with Crippen LogP contribution in [0.15, 0.2) is 12.4 Å². The maximum absolute atomic E-state index is 12.4. The van der Waals surface area contributed by atoms with Gasteiger partial charge in [0.25, 0.3) is 0 Å². The second kappa shape index (κ2) is 6.50. The van der Waals surface area contributed by atoms with Crippen molar-refractivity contribution in [1.29, 1.82) is 0 Å². The van der Waals surface area contributed by atoms with Crippen LogP contribution in [0.3, 0.4) is 0 Å². The third-order valence-corrected chi connectivity index (χ3v) is 4.89. The predicted octanol–water partition coefficient (Wildman–Crippen LogP) is 2.13. The molecule has 5 heteroatoms. The van der Waals surface area contributed by atoms with Gasteiger partial charge >= 0.3 is 0 Å². The molecule has 2 fully saturated rings. The minimum Gasteiger partial charge on any atom is -0.339 e. The highest BCUT2D eigenvalue weighted by Gasteiger charge is 2.26. The molecule has 0 radical (unpaired) electrons. The summed E-state index contributed by atoms with van der Waals surface area (Å²) in [4.78, 5) is 21.2. The summed E-state index contributed by atoms with van der Waals surface area (Å²) in [5.41, 5.74) is 0. The maximum Gasteiger partial charge on any atom is 0.222 e. The standard InChI is InChI=1S/C16H26N4O/c1-2-18-8-7-17-16(18)20-11-9-19(10-12-20)15(21)13-14-5-3-4-6-14/h7-8,14H,2-6,9-13H2,1H3. The van der Waals surface area contributed by atoms with Crippen molar-refractivity contribution in [2.24, 2.45) is 5.92 Å². The van der Waals surface area contributed by atoms with E-state index in [4.69, 9.17) is 0 Å². The Morgan fingerprint density at radius 3 is 2.62 bits per heavy atom. The number of piperazine rings is 1. The molecule has 5 nitrogen and oxygen atoms in total. The zero-order chi connectivity index (χ0) is 14.7. The number of aryl methyl sites for hydroxylation is 1. The van der Waals surface area contributed by atoms with E-state index in [0.717, 1.165) is 45.1 Å². The van der Waals surface area contributed by atoms with Crippen LogP contribution in [0, 0.1) is 5.92 Å². The predicted molar refractivity (Wildman–Crippen MR) is 83.3 cm³/mol. The summed E-state index contributed by atoms with van der Waals surface area (Å²) in [6, 6.07) is 0. The van der Waals surface area contributed by atoms with Crippen molar-refractivity contribution in [1.82, 2.24) is 14.5 Å². The molecule has 1 amide bonds. The fourth-order valence-corrected chi connectivity index (χ4v) is 3.58. The van der Waals surface area contributed by atoms with Gasteiger partial charge in [-0.2, -0.15) is 0 Å². The SMILES string of the molecule is CCn1ccnc1N1CCN(C(=O)CC2CCCC2)CC1. The van der Waals surface area contributed by atoms with E-state index in [1.54, 1.807) is 0 Å². The van der Waals surface area contributed by atoms with Gasteiger partial charge in [-0.25, -0.2) is 4.98 Å². The lowest BCUT2D eigenvalue weighted by atomic mass is 10.0. The Balaban J connectivity index is 1.51. The van der Waals surface area contributed by atoms with Gasteiger partial charge in [-0.15, -0.1) is 0 Å². The van der Waals surface area contributed by atoms with Crippen LogP contribution < -0.4 is 4.90 Å². The van der Waals surface area contributed by atoms with E-state index in [1.807, 2.05) is 17.3 Å². The van der Waals surface area contributed by atoms with Crippen LogP contribution in [0.2, 0.25) is 0 Å². The molecule has 1 aliphatic carbocycles. The van der Waals surface area contributed by atoms with Crippen LogP contribution in [0.5, 0.6) is 0 Å². The quantitative estimate of drug-likeness (QED) is 0.853. The molecule has 2 heterocycles. The summed E-state index contributed by atoms with van der Waals surface area (Å²) in [6.45, 7) is 6.54. The third kappa shape index (κ3) is 3.22. The van der Waals surface area contributed by atoms with Crippen molar-refractivity contribution in [2.45, 2.75) is 45.6 Å². The Kier molecular flexibility index (Phi) is 4.46. The number of rotatable bonds is 4. The van der Waals surface area contributed by atoms with Gasteiger partial charge < -0.3 is 14.4 Å². The molecule has 1 aromatic rings. The van der Waals surface area contributed by atoms with Crippen LogP contribution in [0.1, 0.15) is 39.0 Å². The van der Waals surface area contributed by atoms with Crippen LogP contribution in [0.25, 0.3) is 0 Å². The molecule has 3 rings (SSSR count). The molecule has 0 N–H and O–H groups in total. The summed E-state index contributed by atoms with van der Waals surface area (Å²) in [6.07, 6.45) is 9.77. The van der Waals surface area contributed by atoms with Crippen molar-refractivity contribution in [3.05, 3.63) is 12.4 Å². The Bertz CT molecular complexity index is 470. The molecule has 21 heavy (non-hydrogen) atoms. The van der Waals surface area contributed by atoms with Crippen molar-refractivity contribution in [3.63, 3.8) is 0 Å². The highest BCUT2D eigenvalue weighted by molar-refractivity contribution is 5.76. The van der Waals surface area contributed by atoms with Gasteiger partial charge in [0.15, 0.2) is 0 Å². The molecule has 0 atom stereocenters. The van der Waals surface area contributed by atoms with Crippen molar-refractivity contribution < 1.29 is 4.79 Å². The zero-order valence-electron chi connectivity index (χ0n) is 13.0. The van der Waals surface area contributed by atoms with Gasteiger partial charge in [0.05, 0.1) is 0 Å². The Hall–Kier alpha value is -1.52. The lowest BCUT2D eigenvalue weighted by Gasteiger charge is -2.35. The highest BCUT2D eigenvalue weighted by Crippen LogP contribution is 2.28. The summed E-state index contributed by atoms with van der Waals surface area (Å²) in [5, 5.41) is 0. The molecule has 1 aromatic heterocycles. The Morgan fingerprint density at radius 2 is 1.95 bits per heavy atom. The summed E-state index contributed by atoms with van der Waals surface area (Å²) in [5.74, 6) is 2.05. The molecule has 0 unspecified atom stereocenters. The van der Waals surface area contributed by atoms with Gasteiger partial charge in [0, 0.05) is 51.5 Å². The number of aromatic nitrogens is 2. The van der Waals surface area contributed by atoms with E-state index in [0.29, 0.717) is 11.8 Å². The Labute approximate surface area is 126 Å². The summed E-state index contributed by atoms with van der Waals surface area (Å²) in [7, 11) is 0. The first-order valence-corrected chi connectivity index (χ1v) is 8.31. The van der Waals surface area contributed by atoms with E-state index < -0.39 is 0 Å². The van der Waals surface area contributed by atoms with E-state index in [9.17, 15) is 4.79 Å². The number of anilines is 1. The monoisotopic (exact) mass is 290 g/mol. The number of carbonyl (C=O) groups is 1. The van der Waals surface area contributed by atoms with Crippen molar-refractivity contribution in [2.75, 3.05) is 31.1 Å². The molecule has 0 aromatic carbocycles. The van der Waals surface area contributed by atoms with Gasteiger partial charge in [0.1, 0.15) is 0 Å². The molecule has 2 aliphatic rings. The topological polar surface area (TPSA) is 41.4 Å². The number of carbonyl (C=O) groups excluding carboxylic acids is 1. The fraction of sp³-hybridized carbons (Fsp3) is 0.750. The fourth-order valence-electron chi connectivity index (χ4n) is 3.58. The molecule has 0 spiro atoms. The molecule has 1 saturated heterocycles. The summed E-state index contributed by atoms with van der Waals surface area (Å²) >= 11 is 0. The van der Waals surface area contributed by atoms with Crippen LogP contribution in [0.4, 0.5) is 5.95 Å². The first-order valence-electron chi connectivity index (χ1n) is 8.31. The molecular weight excluding hydrogens is 264 g/mol. The number of hydrogen-bond acceptors (Lipinski definition) is 3. The maximum atomic E-state index is 12.4. The van der Waals surface area contributed by atoms with Crippen LogP contribution in [-0.2, 0) is 11.3 Å². The number of imidazole rings is 1. The average molecular weight is 290 g/mol.